The van der Waals surface area contributed by atoms with Crippen LogP contribution in [0.3, 0.4) is 0 Å². The topological polar surface area (TPSA) is 72.6 Å². The Morgan fingerprint density at radius 3 is 2.36 bits per heavy atom. The minimum Gasteiger partial charge on any atom is -0.430 e. The van der Waals surface area contributed by atoms with Crippen LogP contribution in [0.2, 0.25) is 0 Å². The zero-order valence-electron chi connectivity index (χ0n) is 7.21. The fraction of sp³-hybridized carbons (Fsp3) is 0.111. The summed E-state index contributed by atoms with van der Waals surface area (Å²) in [4.78, 5) is 22.3. The van der Waals surface area contributed by atoms with Gasteiger partial charge in [0.1, 0.15) is 0 Å². The van der Waals surface area contributed by atoms with Crippen molar-refractivity contribution in [2.75, 3.05) is 0 Å². The molecule has 1 fully saturated rings. The Bertz CT molecular complexity index is 377. The summed E-state index contributed by atoms with van der Waals surface area (Å²) in [6.07, 6.45) is -1.71. The Hall–Kier alpha value is -1.88. The summed E-state index contributed by atoms with van der Waals surface area (Å²) in [5.41, 5.74) is 0.624. The van der Waals surface area contributed by atoms with Crippen molar-refractivity contribution in [1.29, 1.82) is 0 Å². The average molecular weight is 192 g/mol. The molecule has 2 N–H and O–H groups in total. The Balaban J connectivity index is 2.30. The average Bonchev–Trinajstić information content (AvgIpc) is 2.47. The van der Waals surface area contributed by atoms with Gasteiger partial charge in [0.25, 0.3) is 5.91 Å². The molecule has 0 bridgehead atoms. The summed E-state index contributed by atoms with van der Waals surface area (Å²) in [5, 5.41) is 0.484. The number of carbonyl (C=O) groups is 2. The van der Waals surface area contributed by atoms with E-state index in [0.29, 0.717) is 10.6 Å². The van der Waals surface area contributed by atoms with Gasteiger partial charge in [0.2, 0.25) is 6.10 Å². The van der Waals surface area contributed by atoms with E-state index in [1.165, 1.54) is 0 Å². The summed E-state index contributed by atoms with van der Waals surface area (Å²) in [6, 6.07) is 8.74. The molecule has 1 aromatic carbocycles. The van der Waals surface area contributed by atoms with Crippen molar-refractivity contribution >= 4 is 12.0 Å². The first kappa shape index (κ1) is 8.71. The molecule has 1 unspecified atom stereocenters. The van der Waals surface area contributed by atoms with Gasteiger partial charge in [-0.3, -0.25) is 4.79 Å². The Morgan fingerprint density at radius 2 is 1.86 bits per heavy atom. The van der Waals surface area contributed by atoms with E-state index in [2.05, 4.69) is 0 Å². The summed E-state index contributed by atoms with van der Waals surface area (Å²) in [7, 11) is 0. The number of cyclic esters (lactones) is 1. The van der Waals surface area contributed by atoms with Crippen LogP contribution in [-0.4, -0.2) is 17.0 Å². The molecule has 0 aromatic heterocycles. The smallest absolute Gasteiger partial charge is 0.430 e. The maximum Gasteiger partial charge on any atom is 0.432 e. The largest absolute Gasteiger partial charge is 0.432 e. The van der Waals surface area contributed by atoms with Gasteiger partial charge in [-0.25, -0.2) is 10.6 Å². The lowest BCUT2D eigenvalue weighted by atomic mass is 10.1. The van der Waals surface area contributed by atoms with E-state index >= 15 is 0 Å². The number of imide groups is 1. The summed E-state index contributed by atoms with van der Waals surface area (Å²) >= 11 is 0. The summed E-state index contributed by atoms with van der Waals surface area (Å²) < 4.78 is 4.78. The quantitative estimate of drug-likeness (QED) is 0.521. The summed E-state index contributed by atoms with van der Waals surface area (Å²) in [6.45, 7) is 0. The maximum atomic E-state index is 11.4. The number of ether oxygens (including phenoxy) is 1. The van der Waals surface area contributed by atoms with Crippen LogP contribution in [0.4, 0.5) is 4.79 Å². The van der Waals surface area contributed by atoms with Gasteiger partial charge in [0, 0.05) is 5.56 Å². The molecule has 0 aliphatic carbocycles. The third-order valence-corrected chi connectivity index (χ3v) is 1.98. The van der Waals surface area contributed by atoms with Crippen LogP contribution < -0.4 is 5.84 Å². The van der Waals surface area contributed by atoms with Crippen molar-refractivity contribution < 1.29 is 14.3 Å². The molecular formula is C9H8N2O3. The number of hydrogen-bond acceptors (Lipinski definition) is 4. The van der Waals surface area contributed by atoms with Crippen LogP contribution in [-0.2, 0) is 9.53 Å². The Morgan fingerprint density at radius 1 is 1.21 bits per heavy atom. The number of rotatable bonds is 1. The molecule has 5 heteroatoms. The van der Waals surface area contributed by atoms with E-state index in [-0.39, 0.29) is 0 Å². The maximum absolute atomic E-state index is 11.4. The molecule has 5 nitrogen and oxygen atoms in total. The second-order valence-corrected chi connectivity index (χ2v) is 2.88. The molecule has 1 aliphatic heterocycles. The number of hydrogen-bond donors (Lipinski definition) is 1. The van der Waals surface area contributed by atoms with E-state index in [1.54, 1.807) is 24.3 Å². The van der Waals surface area contributed by atoms with E-state index in [1.807, 2.05) is 6.07 Å². The summed E-state index contributed by atoms with van der Waals surface area (Å²) in [5.74, 6) is 4.62. The molecule has 0 saturated carbocycles. The first-order chi connectivity index (χ1) is 6.70. The van der Waals surface area contributed by atoms with Crippen LogP contribution in [0.5, 0.6) is 0 Å². The Labute approximate surface area is 80.0 Å². The van der Waals surface area contributed by atoms with Gasteiger partial charge in [-0.2, -0.15) is 5.01 Å². The third-order valence-electron chi connectivity index (χ3n) is 1.98. The van der Waals surface area contributed by atoms with Crippen LogP contribution in [0.15, 0.2) is 30.3 Å². The number of hydrazine groups is 1. The fourth-order valence-corrected chi connectivity index (χ4v) is 1.26. The molecule has 72 valence electrons. The van der Waals surface area contributed by atoms with Crippen LogP contribution in [0.1, 0.15) is 11.7 Å². The number of benzene rings is 1. The molecule has 0 radical (unpaired) electrons. The minimum absolute atomic E-state index is 0.484. The third kappa shape index (κ3) is 1.23. The van der Waals surface area contributed by atoms with Crippen LogP contribution in [0, 0.1) is 0 Å². The highest BCUT2D eigenvalue weighted by molar-refractivity contribution is 5.99. The van der Waals surface area contributed by atoms with E-state index in [9.17, 15) is 9.59 Å². The molecule has 2 rings (SSSR count). The van der Waals surface area contributed by atoms with Gasteiger partial charge < -0.3 is 4.74 Å². The number of nitrogens with zero attached hydrogens (tertiary/aromatic N) is 1. The zero-order valence-corrected chi connectivity index (χ0v) is 7.21. The molecule has 1 aromatic rings. The monoisotopic (exact) mass is 192 g/mol. The number of nitrogens with two attached hydrogens (primary N) is 1. The van der Waals surface area contributed by atoms with Crippen LogP contribution in [0.25, 0.3) is 0 Å². The van der Waals surface area contributed by atoms with E-state index < -0.39 is 18.1 Å². The number of amides is 2. The predicted molar refractivity (Wildman–Crippen MR) is 46.7 cm³/mol. The van der Waals surface area contributed by atoms with Crippen molar-refractivity contribution in [2.24, 2.45) is 5.84 Å². The standard InChI is InChI=1S/C9H8N2O3/c10-11-8(12)7(14-9(11)13)6-4-2-1-3-5-6/h1-5,7H,10H2. The van der Waals surface area contributed by atoms with Crippen molar-refractivity contribution in [2.45, 2.75) is 6.10 Å². The van der Waals surface area contributed by atoms with E-state index in [0.717, 1.165) is 0 Å². The van der Waals surface area contributed by atoms with Crippen molar-refractivity contribution in [1.82, 2.24) is 5.01 Å². The normalized spacial score (nSPS) is 21.2. The van der Waals surface area contributed by atoms with Crippen molar-refractivity contribution in [3.05, 3.63) is 35.9 Å². The molecule has 1 aliphatic rings. The Kier molecular flexibility index (Phi) is 1.94. The van der Waals surface area contributed by atoms with Crippen molar-refractivity contribution in [3.8, 4) is 0 Å². The highest BCUT2D eigenvalue weighted by Crippen LogP contribution is 2.24. The van der Waals surface area contributed by atoms with Gasteiger partial charge in [-0.1, -0.05) is 30.3 Å². The van der Waals surface area contributed by atoms with E-state index in [4.69, 9.17) is 10.6 Å². The minimum atomic E-state index is -0.895. The van der Waals surface area contributed by atoms with Crippen molar-refractivity contribution in [3.63, 3.8) is 0 Å². The lowest BCUT2D eigenvalue weighted by Gasteiger charge is -2.05. The molecule has 14 heavy (non-hydrogen) atoms. The first-order valence-electron chi connectivity index (χ1n) is 4.04. The van der Waals surface area contributed by atoms with Gasteiger partial charge >= 0.3 is 6.09 Å². The van der Waals surface area contributed by atoms with Gasteiger partial charge in [0.05, 0.1) is 0 Å². The SMILES string of the molecule is NN1C(=O)OC(c2ccccc2)C1=O. The second kappa shape index (κ2) is 3.12. The lowest BCUT2D eigenvalue weighted by Crippen LogP contribution is -2.36. The molecule has 2 amide bonds. The first-order valence-corrected chi connectivity index (χ1v) is 4.04. The molecular weight excluding hydrogens is 184 g/mol. The zero-order chi connectivity index (χ0) is 10.1. The fourth-order valence-electron chi connectivity index (χ4n) is 1.26. The molecule has 1 atom stereocenters. The molecule has 1 heterocycles. The highest BCUT2D eigenvalue weighted by Gasteiger charge is 2.39. The molecule has 1 saturated heterocycles. The number of carbonyl (C=O) groups excluding carboxylic acids is 2. The van der Waals surface area contributed by atoms with Gasteiger partial charge in [-0.05, 0) is 0 Å². The van der Waals surface area contributed by atoms with Crippen LogP contribution >= 0.6 is 0 Å². The second-order valence-electron chi connectivity index (χ2n) is 2.88. The lowest BCUT2D eigenvalue weighted by molar-refractivity contribution is -0.130. The molecule has 0 spiro atoms. The highest BCUT2D eigenvalue weighted by atomic mass is 16.6. The predicted octanol–water partition coefficient (Wildman–Crippen LogP) is 0.580. The van der Waals surface area contributed by atoms with Gasteiger partial charge in [0.15, 0.2) is 0 Å². The van der Waals surface area contributed by atoms with Gasteiger partial charge in [-0.15, -0.1) is 0 Å².